The average Bonchev–Trinajstić information content (AvgIpc) is 2.61. The molecule has 5 nitrogen and oxygen atoms in total. The van der Waals surface area contributed by atoms with Gasteiger partial charge in [-0.3, -0.25) is 4.90 Å². The first kappa shape index (κ1) is 17.2. The van der Waals surface area contributed by atoms with E-state index in [2.05, 4.69) is 46.0 Å². The van der Waals surface area contributed by atoms with E-state index in [1.54, 1.807) is 0 Å². The van der Waals surface area contributed by atoms with Crippen LogP contribution >= 0.6 is 0 Å². The van der Waals surface area contributed by atoms with Crippen LogP contribution in [0.25, 0.3) is 0 Å². The van der Waals surface area contributed by atoms with E-state index in [0.717, 1.165) is 51.9 Å². The molecule has 0 saturated carbocycles. The van der Waals surface area contributed by atoms with Crippen LogP contribution in [0.4, 0.5) is 0 Å². The largest absolute Gasteiger partial charge is 0.379 e. The molecule has 0 bridgehead atoms. The van der Waals surface area contributed by atoms with E-state index in [1.807, 2.05) is 0 Å². The number of aliphatic imine (C=N–C) groups is 1. The number of morpholine rings is 1. The van der Waals surface area contributed by atoms with Crippen molar-refractivity contribution in [2.24, 2.45) is 16.6 Å². The minimum absolute atomic E-state index is 0.662. The zero-order chi connectivity index (χ0) is 16.8. The van der Waals surface area contributed by atoms with Crippen molar-refractivity contribution >= 4 is 5.96 Å². The number of benzene rings is 1. The fraction of sp³-hybridized carbons (Fsp3) is 0.632. The smallest absolute Gasteiger partial charge is 0.191 e. The predicted octanol–water partition coefficient (Wildman–Crippen LogP) is 2.07. The highest BCUT2D eigenvalue weighted by molar-refractivity contribution is 5.78. The second-order valence-corrected chi connectivity index (χ2v) is 7.05. The van der Waals surface area contributed by atoms with Crippen LogP contribution in [0, 0.1) is 5.92 Å². The molecular weight excluding hydrogens is 300 g/mol. The summed E-state index contributed by atoms with van der Waals surface area (Å²) in [4.78, 5) is 9.28. The van der Waals surface area contributed by atoms with E-state index in [0.29, 0.717) is 12.5 Å². The molecule has 24 heavy (non-hydrogen) atoms. The molecule has 2 fully saturated rings. The van der Waals surface area contributed by atoms with E-state index in [1.165, 1.54) is 24.0 Å². The number of hydrogen-bond donors (Lipinski definition) is 1. The molecule has 0 atom stereocenters. The number of rotatable bonds is 4. The Morgan fingerprint density at radius 1 is 1.17 bits per heavy atom. The molecule has 0 aliphatic carbocycles. The fourth-order valence-electron chi connectivity index (χ4n) is 3.35. The first-order valence-electron chi connectivity index (χ1n) is 9.13. The Labute approximate surface area is 145 Å². The number of likely N-dealkylation sites (tertiary alicyclic amines) is 1. The van der Waals surface area contributed by atoms with Gasteiger partial charge in [0.1, 0.15) is 0 Å². The van der Waals surface area contributed by atoms with Gasteiger partial charge in [0.2, 0.25) is 0 Å². The van der Waals surface area contributed by atoms with Crippen molar-refractivity contribution in [3.8, 4) is 0 Å². The third-order valence-corrected chi connectivity index (χ3v) is 5.03. The third kappa shape index (κ3) is 4.95. The van der Waals surface area contributed by atoms with Gasteiger partial charge >= 0.3 is 0 Å². The van der Waals surface area contributed by atoms with Gasteiger partial charge in [-0.05, 0) is 29.9 Å². The van der Waals surface area contributed by atoms with Crippen molar-refractivity contribution in [1.29, 1.82) is 0 Å². The first-order valence-corrected chi connectivity index (χ1v) is 9.13. The van der Waals surface area contributed by atoms with Gasteiger partial charge in [0.15, 0.2) is 5.96 Å². The Hall–Kier alpha value is -1.59. The Morgan fingerprint density at radius 3 is 2.62 bits per heavy atom. The SMILES string of the molecule is CC1CCN(C(N)=NCc2cccc(CN3CCOCC3)c2)CC1. The van der Waals surface area contributed by atoms with E-state index >= 15 is 0 Å². The Morgan fingerprint density at radius 2 is 1.88 bits per heavy atom. The monoisotopic (exact) mass is 330 g/mol. The summed E-state index contributed by atoms with van der Waals surface area (Å²) in [5, 5.41) is 0. The third-order valence-electron chi connectivity index (χ3n) is 5.03. The number of ether oxygens (including phenoxy) is 1. The summed E-state index contributed by atoms with van der Waals surface area (Å²) in [6.07, 6.45) is 2.43. The van der Waals surface area contributed by atoms with Crippen LogP contribution in [0.5, 0.6) is 0 Å². The summed E-state index contributed by atoms with van der Waals surface area (Å²) in [5.41, 5.74) is 8.76. The van der Waals surface area contributed by atoms with Crippen LogP contribution in [0.1, 0.15) is 30.9 Å². The van der Waals surface area contributed by atoms with Crippen LogP contribution in [-0.2, 0) is 17.8 Å². The maximum atomic E-state index is 6.18. The van der Waals surface area contributed by atoms with Crippen LogP contribution < -0.4 is 5.73 Å². The summed E-state index contributed by atoms with van der Waals surface area (Å²) < 4.78 is 5.41. The first-order chi connectivity index (χ1) is 11.7. The van der Waals surface area contributed by atoms with E-state index in [9.17, 15) is 0 Å². The highest BCUT2D eigenvalue weighted by Crippen LogP contribution is 2.16. The van der Waals surface area contributed by atoms with Crippen LogP contribution in [0.2, 0.25) is 0 Å². The van der Waals surface area contributed by atoms with E-state index in [4.69, 9.17) is 10.5 Å². The molecule has 3 rings (SSSR count). The van der Waals surface area contributed by atoms with Gasteiger partial charge in [-0.25, -0.2) is 4.99 Å². The van der Waals surface area contributed by atoms with Gasteiger partial charge in [0, 0.05) is 32.7 Å². The number of nitrogens with zero attached hydrogens (tertiary/aromatic N) is 3. The van der Waals surface area contributed by atoms with Gasteiger partial charge in [0.25, 0.3) is 0 Å². The Kier molecular flexibility index (Phi) is 6.10. The summed E-state index contributed by atoms with van der Waals surface area (Å²) >= 11 is 0. The Bertz CT molecular complexity index is 546. The van der Waals surface area contributed by atoms with Gasteiger partial charge in [-0.15, -0.1) is 0 Å². The van der Waals surface area contributed by atoms with Gasteiger partial charge < -0.3 is 15.4 Å². The van der Waals surface area contributed by atoms with Crippen LogP contribution in [-0.4, -0.2) is 55.2 Å². The number of nitrogens with two attached hydrogens (primary N) is 1. The topological polar surface area (TPSA) is 54.1 Å². The molecule has 132 valence electrons. The lowest BCUT2D eigenvalue weighted by molar-refractivity contribution is 0.0342. The molecule has 2 aliphatic rings. The minimum atomic E-state index is 0.662. The molecule has 0 aromatic heterocycles. The number of guanidine groups is 1. The lowest BCUT2D eigenvalue weighted by Gasteiger charge is -2.31. The summed E-state index contributed by atoms with van der Waals surface area (Å²) in [6, 6.07) is 8.71. The number of hydrogen-bond acceptors (Lipinski definition) is 3. The maximum absolute atomic E-state index is 6.18. The highest BCUT2D eigenvalue weighted by atomic mass is 16.5. The molecule has 0 amide bonds. The summed E-state index contributed by atoms with van der Waals surface area (Å²) in [7, 11) is 0. The van der Waals surface area contributed by atoms with Gasteiger partial charge in [0.05, 0.1) is 19.8 Å². The Balaban J connectivity index is 1.54. The van der Waals surface area contributed by atoms with Crippen LogP contribution in [0.3, 0.4) is 0 Å². The second kappa shape index (κ2) is 8.49. The van der Waals surface area contributed by atoms with Gasteiger partial charge in [-0.1, -0.05) is 31.2 Å². The molecule has 0 unspecified atom stereocenters. The predicted molar refractivity (Wildman–Crippen MR) is 97.8 cm³/mol. The average molecular weight is 330 g/mol. The molecule has 1 aromatic carbocycles. The number of piperidine rings is 1. The molecule has 5 heteroatoms. The quantitative estimate of drug-likeness (QED) is 0.678. The fourth-order valence-corrected chi connectivity index (χ4v) is 3.35. The van der Waals surface area contributed by atoms with Crippen molar-refractivity contribution in [1.82, 2.24) is 9.80 Å². The molecule has 2 heterocycles. The lowest BCUT2D eigenvalue weighted by Crippen LogP contribution is -2.42. The van der Waals surface area contributed by atoms with Crippen molar-refractivity contribution in [2.45, 2.75) is 32.9 Å². The van der Waals surface area contributed by atoms with E-state index in [-0.39, 0.29) is 0 Å². The zero-order valence-electron chi connectivity index (χ0n) is 14.8. The van der Waals surface area contributed by atoms with Crippen LogP contribution in [0.15, 0.2) is 29.3 Å². The van der Waals surface area contributed by atoms with Crippen molar-refractivity contribution in [2.75, 3.05) is 39.4 Å². The molecule has 2 saturated heterocycles. The summed E-state index contributed by atoms with van der Waals surface area (Å²) in [5.74, 6) is 1.51. The zero-order valence-corrected chi connectivity index (χ0v) is 14.8. The maximum Gasteiger partial charge on any atom is 0.191 e. The lowest BCUT2D eigenvalue weighted by atomic mass is 10.00. The molecule has 2 N–H and O–H groups in total. The molecule has 1 aromatic rings. The second-order valence-electron chi connectivity index (χ2n) is 7.05. The standard InChI is InChI=1S/C19H30N4O/c1-16-5-7-23(8-6-16)19(20)21-14-17-3-2-4-18(13-17)15-22-9-11-24-12-10-22/h2-4,13,16H,5-12,14-15H2,1H3,(H2,20,21). The van der Waals surface area contributed by atoms with Crippen molar-refractivity contribution in [3.05, 3.63) is 35.4 Å². The molecular formula is C19H30N4O. The summed E-state index contributed by atoms with van der Waals surface area (Å²) in [6.45, 7) is 9.75. The highest BCUT2D eigenvalue weighted by Gasteiger charge is 2.17. The normalized spacial score (nSPS) is 21.2. The van der Waals surface area contributed by atoms with E-state index < -0.39 is 0 Å². The van der Waals surface area contributed by atoms with Crippen molar-refractivity contribution < 1.29 is 4.74 Å². The minimum Gasteiger partial charge on any atom is -0.379 e. The van der Waals surface area contributed by atoms with Crippen molar-refractivity contribution in [3.63, 3.8) is 0 Å². The molecule has 0 spiro atoms. The molecule has 0 radical (unpaired) electrons. The van der Waals surface area contributed by atoms with Gasteiger partial charge in [-0.2, -0.15) is 0 Å². The molecule has 2 aliphatic heterocycles.